The Hall–Kier alpha value is -1.11. The van der Waals surface area contributed by atoms with E-state index in [1.807, 2.05) is 26.0 Å². The highest BCUT2D eigenvalue weighted by Gasteiger charge is 2.12. The zero-order valence-electron chi connectivity index (χ0n) is 12.0. The van der Waals surface area contributed by atoms with Gasteiger partial charge in [0.15, 0.2) is 6.61 Å². The molecule has 1 rings (SSSR count). The van der Waals surface area contributed by atoms with Crippen molar-refractivity contribution in [1.82, 2.24) is 5.32 Å². The number of methoxy groups -OCH3 is 1. The van der Waals surface area contributed by atoms with Gasteiger partial charge in [-0.3, -0.25) is 4.79 Å². The molecule has 0 fully saturated rings. The minimum absolute atomic E-state index is 0.0462. The number of nitrogens with one attached hydrogen (secondary N) is 1. The Morgan fingerprint density at radius 2 is 2.15 bits per heavy atom. The maximum atomic E-state index is 11.7. The highest BCUT2D eigenvalue weighted by atomic mass is 79.9. The fraction of sp³-hybridized carbons (Fsp3) is 0.500. The predicted molar refractivity (Wildman–Crippen MR) is 81.7 cm³/mol. The van der Waals surface area contributed by atoms with Gasteiger partial charge in [0.25, 0.3) is 5.91 Å². The fourth-order valence-corrected chi connectivity index (χ4v) is 2.14. The zero-order chi connectivity index (χ0) is 15.1. The smallest absolute Gasteiger partial charge is 0.258 e. The molecule has 0 spiro atoms. The predicted octanol–water partition coefficient (Wildman–Crippen LogP) is 2.00. The standard InChI is InChI=1S/C14H21BrN2O3/c1-9(7-19-3)17-14(18)8-20-13-5-4-11(15)6-12(13)10(2)16/h4-6,9-10H,7-8,16H2,1-3H3,(H,17,18). The van der Waals surface area contributed by atoms with Crippen LogP contribution in [0.15, 0.2) is 22.7 Å². The average molecular weight is 345 g/mol. The van der Waals surface area contributed by atoms with E-state index in [0.29, 0.717) is 12.4 Å². The van der Waals surface area contributed by atoms with Crippen LogP contribution >= 0.6 is 15.9 Å². The second-order valence-electron chi connectivity index (χ2n) is 4.68. The van der Waals surface area contributed by atoms with Crippen LogP contribution in [0.4, 0.5) is 0 Å². The van der Waals surface area contributed by atoms with Gasteiger partial charge in [0.2, 0.25) is 0 Å². The van der Waals surface area contributed by atoms with Crippen LogP contribution in [0.1, 0.15) is 25.5 Å². The van der Waals surface area contributed by atoms with E-state index in [4.69, 9.17) is 15.2 Å². The summed E-state index contributed by atoms with van der Waals surface area (Å²) in [7, 11) is 1.59. The Morgan fingerprint density at radius 3 is 2.75 bits per heavy atom. The molecule has 0 radical (unpaired) electrons. The lowest BCUT2D eigenvalue weighted by Crippen LogP contribution is -2.38. The van der Waals surface area contributed by atoms with Gasteiger partial charge >= 0.3 is 0 Å². The number of carbonyl (C=O) groups is 1. The van der Waals surface area contributed by atoms with Gasteiger partial charge in [-0.2, -0.15) is 0 Å². The molecule has 0 aliphatic heterocycles. The second-order valence-corrected chi connectivity index (χ2v) is 5.60. The number of benzene rings is 1. The zero-order valence-corrected chi connectivity index (χ0v) is 13.6. The molecule has 112 valence electrons. The first-order valence-corrected chi connectivity index (χ1v) is 7.19. The van der Waals surface area contributed by atoms with Gasteiger partial charge in [-0.05, 0) is 32.0 Å². The van der Waals surface area contributed by atoms with Crippen molar-refractivity contribution in [2.45, 2.75) is 25.9 Å². The third-order valence-electron chi connectivity index (χ3n) is 2.65. The number of halogens is 1. The number of rotatable bonds is 7. The van der Waals surface area contributed by atoms with E-state index in [-0.39, 0.29) is 24.6 Å². The number of hydrogen-bond acceptors (Lipinski definition) is 4. The Kier molecular flexibility index (Phi) is 6.98. The summed E-state index contributed by atoms with van der Waals surface area (Å²) < 4.78 is 11.4. The van der Waals surface area contributed by atoms with Gasteiger partial charge in [0, 0.05) is 29.2 Å². The van der Waals surface area contributed by atoms with Crippen LogP contribution in [0.3, 0.4) is 0 Å². The van der Waals surface area contributed by atoms with Crippen LogP contribution in [0.5, 0.6) is 5.75 Å². The molecule has 1 amide bonds. The van der Waals surface area contributed by atoms with Crippen LogP contribution < -0.4 is 15.8 Å². The van der Waals surface area contributed by atoms with E-state index >= 15 is 0 Å². The molecule has 20 heavy (non-hydrogen) atoms. The van der Waals surface area contributed by atoms with Crippen molar-refractivity contribution in [2.75, 3.05) is 20.3 Å². The largest absolute Gasteiger partial charge is 0.483 e. The van der Waals surface area contributed by atoms with E-state index in [2.05, 4.69) is 21.2 Å². The molecule has 2 unspecified atom stereocenters. The van der Waals surface area contributed by atoms with Crippen molar-refractivity contribution in [1.29, 1.82) is 0 Å². The maximum absolute atomic E-state index is 11.7. The fourth-order valence-electron chi connectivity index (χ4n) is 1.76. The van der Waals surface area contributed by atoms with Gasteiger partial charge in [0.05, 0.1) is 6.61 Å². The van der Waals surface area contributed by atoms with Gasteiger partial charge in [0.1, 0.15) is 5.75 Å². The summed E-state index contributed by atoms with van der Waals surface area (Å²) >= 11 is 3.39. The first-order chi connectivity index (χ1) is 9.43. The van der Waals surface area contributed by atoms with Crippen LogP contribution in [0.2, 0.25) is 0 Å². The molecular formula is C14H21BrN2O3. The summed E-state index contributed by atoms with van der Waals surface area (Å²) in [5, 5.41) is 2.78. The third kappa shape index (κ3) is 5.48. The molecule has 0 bridgehead atoms. The Bertz CT molecular complexity index is 452. The van der Waals surface area contributed by atoms with E-state index in [9.17, 15) is 4.79 Å². The molecule has 0 aromatic heterocycles. The number of hydrogen-bond donors (Lipinski definition) is 2. The third-order valence-corrected chi connectivity index (χ3v) is 3.14. The highest BCUT2D eigenvalue weighted by Crippen LogP contribution is 2.27. The molecule has 1 aromatic carbocycles. The minimum atomic E-state index is -0.187. The lowest BCUT2D eigenvalue weighted by molar-refractivity contribution is -0.124. The van der Waals surface area contributed by atoms with Crippen molar-refractivity contribution in [3.8, 4) is 5.75 Å². The Morgan fingerprint density at radius 1 is 1.45 bits per heavy atom. The molecule has 5 nitrogen and oxygen atoms in total. The lowest BCUT2D eigenvalue weighted by Gasteiger charge is -2.16. The molecule has 3 N–H and O–H groups in total. The van der Waals surface area contributed by atoms with Crippen molar-refractivity contribution < 1.29 is 14.3 Å². The van der Waals surface area contributed by atoms with Crippen LogP contribution in [0.25, 0.3) is 0 Å². The van der Waals surface area contributed by atoms with Crippen LogP contribution in [-0.4, -0.2) is 32.3 Å². The van der Waals surface area contributed by atoms with Gasteiger partial charge in [-0.15, -0.1) is 0 Å². The first-order valence-electron chi connectivity index (χ1n) is 6.40. The number of nitrogens with two attached hydrogens (primary N) is 1. The molecular weight excluding hydrogens is 324 g/mol. The lowest BCUT2D eigenvalue weighted by atomic mass is 10.1. The van der Waals surface area contributed by atoms with Gasteiger partial charge in [-0.25, -0.2) is 0 Å². The normalized spacial score (nSPS) is 13.7. The number of ether oxygens (including phenoxy) is 2. The van der Waals surface area contributed by atoms with Gasteiger partial charge < -0.3 is 20.5 Å². The van der Waals surface area contributed by atoms with Crippen LogP contribution in [-0.2, 0) is 9.53 Å². The van der Waals surface area contributed by atoms with Crippen LogP contribution in [0, 0.1) is 0 Å². The molecule has 1 aromatic rings. The van der Waals surface area contributed by atoms with E-state index in [1.54, 1.807) is 13.2 Å². The SMILES string of the molecule is COCC(C)NC(=O)COc1ccc(Br)cc1C(C)N. The molecule has 6 heteroatoms. The topological polar surface area (TPSA) is 73.6 Å². The number of amides is 1. The molecule has 0 saturated carbocycles. The summed E-state index contributed by atoms with van der Waals surface area (Å²) in [6.45, 7) is 4.16. The summed E-state index contributed by atoms with van der Waals surface area (Å²) in [4.78, 5) is 11.7. The first kappa shape index (κ1) is 16.9. The van der Waals surface area contributed by atoms with Crippen molar-refractivity contribution in [3.63, 3.8) is 0 Å². The summed E-state index contributed by atoms with van der Waals surface area (Å²) in [6, 6.07) is 5.33. The maximum Gasteiger partial charge on any atom is 0.258 e. The molecule has 0 aliphatic rings. The average Bonchev–Trinajstić information content (AvgIpc) is 2.37. The van der Waals surface area contributed by atoms with Crippen molar-refractivity contribution in [3.05, 3.63) is 28.2 Å². The molecule has 0 saturated heterocycles. The quantitative estimate of drug-likeness (QED) is 0.793. The van der Waals surface area contributed by atoms with Gasteiger partial charge in [-0.1, -0.05) is 15.9 Å². The van der Waals surface area contributed by atoms with E-state index in [1.165, 1.54) is 0 Å². The minimum Gasteiger partial charge on any atom is -0.483 e. The van der Waals surface area contributed by atoms with Crippen molar-refractivity contribution in [2.24, 2.45) is 5.73 Å². The molecule has 0 aliphatic carbocycles. The molecule has 2 atom stereocenters. The summed E-state index contributed by atoms with van der Waals surface area (Å²) in [5.74, 6) is 0.436. The van der Waals surface area contributed by atoms with Crippen molar-refractivity contribution >= 4 is 21.8 Å². The highest BCUT2D eigenvalue weighted by molar-refractivity contribution is 9.10. The van der Waals surface area contributed by atoms with E-state index in [0.717, 1.165) is 10.0 Å². The number of carbonyl (C=O) groups excluding carboxylic acids is 1. The summed E-state index contributed by atoms with van der Waals surface area (Å²) in [5.41, 5.74) is 6.75. The Balaban J connectivity index is 2.59. The Labute approximate surface area is 127 Å². The van der Waals surface area contributed by atoms with E-state index < -0.39 is 0 Å². The monoisotopic (exact) mass is 344 g/mol. The molecule has 0 heterocycles. The summed E-state index contributed by atoms with van der Waals surface area (Å²) in [6.07, 6.45) is 0. The second kappa shape index (κ2) is 8.24.